The topological polar surface area (TPSA) is 58.9 Å². The lowest BCUT2D eigenvalue weighted by molar-refractivity contribution is 0.368. The number of nitrogens with one attached hydrogen (secondary N) is 1. The molecule has 1 aromatic rings. The number of aromatic amines is 1. The Labute approximate surface area is 52.0 Å². The van der Waals surface area contributed by atoms with Crippen LogP contribution < -0.4 is 5.63 Å². The van der Waals surface area contributed by atoms with Gasteiger partial charge in [0.25, 0.3) is 0 Å². The van der Waals surface area contributed by atoms with Crippen molar-refractivity contribution in [2.75, 3.05) is 0 Å². The second kappa shape index (κ2) is 1.65. The fourth-order valence-electron chi connectivity index (χ4n) is 0.192. The van der Waals surface area contributed by atoms with Crippen LogP contribution in [0.15, 0.2) is 9.32 Å². The second-order valence-electron chi connectivity index (χ2n) is 0.883. The first-order valence-electron chi connectivity index (χ1n) is 1.50. The standard InChI is InChI=1S/C2HIN2O2/c3-1-2(6)7-5-4-1/h5H. The molecular formula is C2HIN2O2. The molecule has 0 fully saturated rings. The zero-order valence-corrected chi connectivity index (χ0v) is 5.30. The van der Waals surface area contributed by atoms with Crippen molar-refractivity contribution in [3.05, 3.63) is 14.1 Å². The largest absolute Gasteiger partial charge is 0.391 e. The van der Waals surface area contributed by atoms with Crippen molar-refractivity contribution in [3.8, 4) is 0 Å². The van der Waals surface area contributed by atoms with Crippen LogP contribution in [0.25, 0.3) is 0 Å². The van der Waals surface area contributed by atoms with Crippen molar-refractivity contribution in [2.24, 2.45) is 0 Å². The highest BCUT2D eigenvalue weighted by molar-refractivity contribution is 14.1. The van der Waals surface area contributed by atoms with Gasteiger partial charge in [0, 0.05) is 0 Å². The molecule has 0 aliphatic rings. The maximum absolute atomic E-state index is 10.2. The summed E-state index contributed by atoms with van der Waals surface area (Å²) in [4.78, 5) is 10.2. The fourth-order valence-corrected chi connectivity index (χ4v) is 0.401. The lowest BCUT2D eigenvalue weighted by atomic mass is 11.0. The van der Waals surface area contributed by atoms with Gasteiger partial charge < -0.3 is 4.52 Å². The van der Waals surface area contributed by atoms with Gasteiger partial charge in [0.15, 0.2) is 0 Å². The lowest BCUT2D eigenvalue weighted by Gasteiger charge is -1.56. The molecule has 7 heavy (non-hydrogen) atoms. The Balaban J connectivity index is 3.39. The van der Waals surface area contributed by atoms with Crippen molar-refractivity contribution < 1.29 is 4.52 Å². The molecule has 0 unspecified atom stereocenters. The van der Waals surface area contributed by atoms with Gasteiger partial charge in [0.05, 0.1) is 0 Å². The number of rotatable bonds is 0. The van der Waals surface area contributed by atoms with E-state index in [-0.39, 0.29) is 0 Å². The summed E-state index contributed by atoms with van der Waals surface area (Å²) in [7, 11) is 0. The van der Waals surface area contributed by atoms with E-state index in [4.69, 9.17) is 0 Å². The van der Waals surface area contributed by atoms with Crippen LogP contribution in [-0.4, -0.2) is 10.4 Å². The maximum Gasteiger partial charge on any atom is 0.391 e. The molecule has 1 rings (SSSR count). The van der Waals surface area contributed by atoms with Gasteiger partial charge in [-0.2, -0.15) is 0 Å². The summed E-state index contributed by atoms with van der Waals surface area (Å²) in [6.45, 7) is 0. The van der Waals surface area contributed by atoms with Crippen molar-refractivity contribution in [1.29, 1.82) is 0 Å². The first kappa shape index (κ1) is 4.82. The minimum absolute atomic E-state index is 0.331. The Morgan fingerprint density at radius 1 is 1.86 bits per heavy atom. The van der Waals surface area contributed by atoms with Crippen molar-refractivity contribution >= 4 is 22.6 Å². The number of halogens is 1. The van der Waals surface area contributed by atoms with Gasteiger partial charge in [0.2, 0.25) is 3.70 Å². The minimum atomic E-state index is -0.416. The molecule has 5 heteroatoms. The molecule has 1 N–H and O–H groups in total. The maximum atomic E-state index is 10.2. The molecule has 0 aromatic carbocycles. The Kier molecular flexibility index (Phi) is 1.13. The first-order chi connectivity index (χ1) is 3.30. The molecule has 0 atom stereocenters. The SMILES string of the molecule is O=c1o[nH]nc1I. The number of nitrogens with zero attached hydrogens (tertiary/aromatic N) is 1. The third-order valence-corrected chi connectivity index (χ3v) is 1.13. The van der Waals surface area contributed by atoms with E-state index in [1.807, 2.05) is 0 Å². The Morgan fingerprint density at radius 3 is 2.71 bits per heavy atom. The van der Waals surface area contributed by atoms with Gasteiger partial charge in [-0.3, -0.25) is 0 Å². The minimum Gasteiger partial charge on any atom is -0.319 e. The highest BCUT2D eigenvalue weighted by Crippen LogP contribution is 1.85. The molecule has 0 spiro atoms. The average molecular weight is 212 g/mol. The summed E-state index contributed by atoms with van der Waals surface area (Å²) < 4.78 is 4.50. The van der Waals surface area contributed by atoms with Crippen LogP contribution in [0.5, 0.6) is 0 Å². The van der Waals surface area contributed by atoms with Gasteiger partial charge >= 0.3 is 5.63 Å². The van der Waals surface area contributed by atoms with E-state index in [0.717, 1.165) is 0 Å². The molecule has 0 amide bonds. The summed E-state index contributed by atoms with van der Waals surface area (Å²) in [5.41, 5.74) is -0.416. The van der Waals surface area contributed by atoms with E-state index < -0.39 is 5.63 Å². The Bertz CT molecular complexity index is 201. The molecule has 0 saturated carbocycles. The Hall–Kier alpha value is -0.330. The molecule has 1 heterocycles. The molecule has 0 saturated heterocycles. The van der Waals surface area contributed by atoms with Crippen LogP contribution in [-0.2, 0) is 0 Å². The molecule has 0 radical (unpaired) electrons. The number of aromatic nitrogens is 2. The second-order valence-corrected chi connectivity index (χ2v) is 1.91. The summed E-state index contributed by atoms with van der Waals surface area (Å²) in [6.07, 6.45) is 0. The third kappa shape index (κ3) is 0.817. The van der Waals surface area contributed by atoms with Crippen LogP contribution in [0.1, 0.15) is 0 Å². The van der Waals surface area contributed by atoms with Gasteiger partial charge in [-0.1, -0.05) is 0 Å². The number of hydrogen-bond donors (Lipinski definition) is 1. The molecular weight excluding hydrogens is 211 g/mol. The zero-order chi connectivity index (χ0) is 5.28. The molecule has 38 valence electrons. The smallest absolute Gasteiger partial charge is 0.319 e. The van der Waals surface area contributed by atoms with Crippen molar-refractivity contribution in [2.45, 2.75) is 0 Å². The lowest BCUT2D eigenvalue weighted by Crippen LogP contribution is -1.94. The van der Waals surface area contributed by atoms with E-state index >= 15 is 0 Å². The predicted octanol–water partition coefficient (Wildman–Crippen LogP) is -0.0325. The van der Waals surface area contributed by atoms with E-state index in [2.05, 4.69) is 14.9 Å². The van der Waals surface area contributed by atoms with Crippen LogP contribution in [0, 0.1) is 3.70 Å². The summed E-state index contributed by atoms with van der Waals surface area (Å²) in [6, 6.07) is 0. The van der Waals surface area contributed by atoms with E-state index in [1.165, 1.54) is 0 Å². The van der Waals surface area contributed by atoms with Gasteiger partial charge in [-0.05, 0) is 22.6 Å². The summed E-state index contributed by atoms with van der Waals surface area (Å²) in [5.74, 6) is 0. The van der Waals surface area contributed by atoms with E-state index in [0.29, 0.717) is 3.70 Å². The van der Waals surface area contributed by atoms with Gasteiger partial charge in [0.1, 0.15) is 0 Å². The molecule has 0 bridgehead atoms. The molecule has 0 aliphatic heterocycles. The highest BCUT2D eigenvalue weighted by atomic mass is 127. The zero-order valence-electron chi connectivity index (χ0n) is 3.14. The van der Waals surface area contributed by atoms with E-state index in [1.54, 1.807) is 22.6 Å². The number of H-pyrrole nitrogens is 1. The van der Waals surface area contributed by atoms with Gasteiger partial charge in [-0.15, -0.1) is 10.4 Å². The van der Waals surface area contributed by atoms with Crippen LogP contribution in [0.3, 0.4) is 0 Å². The van der Waals surface area contributed by atoms with Crippen LogP contribution in [0.4, 0.5) is 0 Å². The third-order valence-electron chi connectivity index (χ3n) is 0.451. The average Bonchev–Trinajstić information content (AvgIpc) is 1.91. The molecule has 0 aliphatic carbocycles. The fraction of sp³-hybridized carbons (Fsp3) is 0. The van der Waals surface area contributed by atoms with Gasteiger partial charge in [-0.25, -0.2) is 4.79 Å². The van der Waals surface area contributed by atoms with Crippen LogP contribution in [0.2, 0.25) is 0 Å². The molecule has 4 nitrogen and oxygen atoms in total. The summed E-state index contributed by atoms with van der Waals surface area (Å²) in [5, 5.41) is 5.45. The monoisotopic (exact) mass is 212 g/mol. The number of hydrogen-bond acceptors (Lipinski definition) is 3. The van der Waals surface area contributed by atoms with Crippen LogP contribution >= 0.6 is 22.6 Å². The normalized spacial score (nSPS) is 9.29. The predicted molar refractivity (Wildman–Crippen MR) is 29.8 cm³/mol. The van der Waals surface area contributed by atoms with Crippen molar-refractivity contribution in [3.63, 3.8) is 0 Å². The quantitative estimate of drug-likeness (QED) is 0.614. The van der Waals surface area contributed by atoms with E-state index in [9.17, 15) is 4.79 Å². The molecule has 1 aromatic heterocycles. The highest BCUT2D eigenvalue weighted by Gasteiger charge is 1.94. The summed E-state index contributed by atoms with van der Waals surface area (Å²) >= 11 is 1.77. The van der Waals surface area contributed by atoms with Crippen molar-refractivity contribution in [1.82, 2.24) is 10.4 Å². The Morgan fingerprint density at radius 2 is 2.57 bits per heavy atom. The first-order valence-corrected chi connectivity index (χ1v) is 2.58.